The molecular weight excluding hydrogens is 407 g/mol. The van der Waals surface area contributed by atoms with Crippen LogP contribution in [-0.4, -0.2) is 23.7 Å². The van der Waals surface area contributed by atoms with Gasteiger partial charge in [0, 0.05) is 31.6 Å². The van der Waals surface area contributed by atoms with E-state index in [0.717, 1.165) is 24.8 Å². The number of hydrogen-bond donors (Lipinski definition) is 1. The number of carboxylic acid groups (broad SMARTS) is 1. The maximum absolute atomic E-state index is 14.9. The van der Waals surface area contributed by atoms with Gasteiger partial charge in [-0.25, -0.2) is 4.39 Å². The van der Waals surface area contributed by atoms with Crippen LogP contribution >= 0.6 is 11.6 Å². The molecule has 0 saturated heterocycles. The molecule has 1 fully saturated rings. The van der Waals surface area contributed by atoms with Crippen LogP contribution in [0.3, 0.4) is 0 Å². The summed E-state index contributed by atoms with van der Waals surface area (Å²) in [4.78, 5) is 12.8. The lowest BCUT2D eigenvalue weighted by Crippen LogP contribution is -2.32. The molecule has 2 aromatic rings. The molecule has 30 heavy (non-hydrogen) atoms. The van der Waals surface area contributed by atoms with E-state index in [1.54, 1.807) is 12.1 Å². The van der Waals surface area contributed by atoms with E-state index in [-0.39, 0.29) is 24.8 Å². The quantitative estimate of drug-likeness (QED) is 0.711. The number of carbonyl (C=O) groups is 1. The Labute approximate surface area is 179 Å². The van der Waals surface area contributed by atoms with E-state index in [1.807, 2.05) is 17.0 Å². The van der Waals surface area contributed by atoms with E-state index < -0.39 is 5.97 Å². The first-order valence-electron chi connectivity index (χ1n) is 10.1. The molecule has 2 aromatic carbocycles. The van der Waals surface area contributed by atoms with Crippen LogP contribution in [0.15, 0.2) is 24.3 Å². The maximum Gasteiger partial charge on any atom is 0.303 e. The number of anilines is 1. The van der Waals surface area contributed by atoms with Crippen LogP contribution in [0.4, 0.5) is 10.1 Å². The second-order valence-electron chi connectivity index (χ2n) is 7.82. The van der Waals surface area contributed by atoms with Crippen LogP contribution < -0.4 is 9.64 Å². The van der Waals surface area contributed by atoms with Crippen molar-refractivity contribution in [3.63, 3.8) is 0 Å². The minimum atomic E-state index is -0.941. The van der Waals surface area contributed by atoms with Gasteiger partial charge in [0.05, 0.1) is 22.4 Å². The first-order chi connectivity index (χ1) is 14.5. The predicted molar refractivity (Wildman–Crippen MR) is 112 cm³/mol. The monoisotopic (exact) mass is 428 g/mol. The minimum absolute atomic E-state index is 0.0976. The fourth-order valence-electron chi connectivity index (χ4n) is 3.98. The Balaban J connectivity index is 1.60. The highest BCUT2D eigenvalue weighted by Gasteiger charge is 2.26. The van der Waals surface area contributed by atoms with Gasteiger partial charge in [-0.1, -0.05) is 23.7 Å². The Morgan fingerprint density at radius 1 is 1.37 bits per heavy atom. The fraction of sp³-hybridized carbons (Fsp3) is 0.391. The first kappa shape index (κ1) is 20.5. The van der Waals surface area contributed by atoms with Gasteiger partial charge >= 0.3 is 5.97 Å². The smallest absolute Gasteiger partial charge is 0.303 e. The first-order valence-corrected chi connectivity index (χ1v) is 10.5. The van der Waals surface area contributed by atoms with Crippen molar-refractivity contribution in [3.05, 3.63) is 57.4 Å². The molecule has 1 aliphatic carbocycles. The molecule has 0 unspecified atom stereocenters. The van der Waals surface area contributed by atoms with Crippen molar-refractivity contribution < 1.29 is 19.0 Å². The molecule has 0 atom stereocenters. The number of benzene rings is 2. The van der Waals surface area contributed by atoms with Gasteiger partial charge in [0.15, 0.2) is 0 Å². The van der Waals surface area contributed by atoms with E-state index in [9.17, 15) is 14.4 Å². The Bertz CT molecular complexity index is 1030. The van der Waals surface area contributed by atoms with Crippen LogP contribution in [0.1, 0.15) is 47.9 Å². The number of aliphatic carboxylic acids is 1. The molecule has 156 valence electrons. The van der Waals surface area contributed by atoms with Crippen LogP contribution in [-0.2, 0) is 24.2 Å². The average Bonchev–Trinajstić information content (AvgIpc) is 2.69. The van der Waals surface area contributed by atoms with Gasteiger partial charge in [-0.05, 0) is 48.8 Å². The van der Waals surface area contributed by atoms with Crippen molar-refractivity contribution in [2.75, 3.05) is 11.4 Å². The van der Waals surface area contributed by atoms with Crippen molar-refractivity contribution in [1.82, 2.24) is 0 Å². The van der Waals surface area contributed by atoms with Crippen molar-refractivity contribution >= 4 is 23.3 Å². The number of carboxylic acids is 1. The standard InChI is InChI=1S/C23H22ClFN2O3/c24-20-10-17(30-16-2-1-3-16)11-21(19(20)12-26)27-9-8-18-15(13-27)5-4-14(23(18)25)6-7-22(28)29/h4-5,10-11,16H,1-3,6-9,13H2,(H,28,29). The summed E-state index contributed by atoms with van der Waals surface area (Å²) >= 11 is 6.37. The second-order valence-corrected chi connectivity index (χ2v) is 8.23. The topological polar surface area (TPSA) is 73.6 Å². The Morgan fingerprint density at radius 2 is 2.17 bits per heavy atom. The summed E-state index contributed by atoms with van der Waals surface area (Å²) in [7, 11) is 0. The molecule has 1 aliphatic heterocycles. The van der Waals surface area contributed by atoms with Gasteiger partial charge in [-0.15, -0.1) is 0 Å². The molecule has 1 saturated carbocycles. The van der Waals surface area contributed by atoms with Crippen molar-refractivity contribution in [3.8, 4) is 11.8 Å². The predicted octanol–water partition coefficient (Wildman–Crippen LogP) is 4.86. The molecule has 7 heteroatoms. The van der Waals surface area contributed by atoms with Gasteiger partial charge in [0.1, 0.15) is 17.6 Å². The third-order valence-corrected chi connectivity index (χ3v) is 6.17. The fourth-order valence-corrected chi connectivity index (χ4v) is 4.22. The number of rotatable bonds is 6. The lowest BCUT2D eigenvalue weighted by Gasteiger charge is -2.33. The van der Waals surface area contributed by atoms with E-state index in [1.165, 1.54) is 0 Å². The van der Waals surface area contributed by atoms with E-state index >= 15 is 0 Å². The zero-order valence-electron chi connectivity index (χ0n) is 16.5. The highest BCUT2D eigenvalue weighted by Crippen LogP contribution is 2.37. The average molecular weight is 429 g/mol. The number of halogens is 2. The van der Waals surface area contributed by atoms with Gasteiger partial charge in [0.2, 0.25) is 0 Å². The van der Waals surface area contributed by atoms with Crippen molar-refractivity contribution in [1.29, 1.82) is 5.26 Å². The van der Waals surface area contributed by atoms with Crippen LogP contribution in [0.25, 0.3) is 0 Å². The van der Waals surface area contributed by atoms with Gasteiger partial charge in [0.25, 0.3) is 0 Å². The second kappa shape index (κ2) is 8.53. The number of nitrogens with zero attached hydrogens (tertiary/aromatic N) is 2. The molecule has 1 heterocycles. The summed E-state index contributed by atoms with van der Waals surface area (Å²) < 4.78 is 20.9. The normalized spacial score (nSPS) is 15.8. The van der Waals surface area contributed by atoms with Gasteiger partial charge in [-0.2, -0.15) is 5.26 Å². The van der Waals surface area contributed by atoms with Crippen LogP contribution in [0.5, 0.6) is 5.75 Å². The lowest BCUT2D eigenvalue weighted by molar-refractivity contribution is -0.136. The number of ether oxygens (including phenoxy) is 1. The Hall–Kier alpha value is -2.78. The van der Waals surface area contributed by atoms with Crippen molar-refractivity contribution in [2.24, 2.45) is 0 Å². The molecule has 2 aliphatic rings. The largest absolute Gasteiger partial charge is 0.490 e. The summed E-state index contributed by atoms with van der Waals surface area (Å²) in [5.41, 5.74) is 2.98. The third kappa shape index (κ3) is 4.08. The summed E-state index contributed by atoms with van der Waals surface area (Å²) in [6.45, 7) is 0.980. The Kier molecular flexibility index (Phi) is 5.83. The van der Waals surface area contributed by atoms with Crippen LogP contribution in [0, 0.1) is 17.1 Å². The van der Waals surface area contributed by atoms with E-state index in [0.29, 0.717) is 52.7 Å². The molecular formula is C23H22ClFN2O3. The Morgan fingerprint density at radius 3 is 2.83 bits per heavy atom. The number of hydrogen-bond acceptors (Lipinski definition) is 4. The van der Waals surface area contributed by atoms with Crippen molar-refractivity contribution in [2.45, 2.75) is 51.2 Å². The third-order valence-electron chi connectivity index (χ3n) is 5.87. The number of nitriles is 1. The summed E-state index contributed by atoms with van der Waals surface area (Å²) in [6, 6.07) is 9.24. The van der Waals surface area contributed by atoms with E-state index in [2.05, 4.69) is 6.07 Å². The maximum atomic E-state index is 14.9. The molecule has 0 amide bonds. The summed E-state index contributed by atoms with van der Waals surface area (Å²) in [6.07, 6.45) is 3.94. The SMILES string of the molecule is N#Cc1c(Cl)cc(OC2CCC2)cc1N1CCc2c(ccc(CCC(=O)O)c2F)C1. The molecule has 1 N–H and O–H groups in total. The molecule has 0 radical (unpaired) electrons. The summed E-state index contributed by atoms with van der Waals surface area (Å²) in [5, 5.41) is 18.8. The molecule has 0 bridgehead atoms. The lowest BCUT2D eigenvalue weighted by atomic mass is 9.94. The number of fused-ring (bicyclic) bond motifs is 1. The summed E-state index contributed by atoms with van der Waals surface area (Å²) in [5.74, 6) is -0.600. The molecule has 0 spiro atoms. The molecule has 4 rings (SSSR count). The van der Waals surface area contributed by atoms with Gasteiger partial charge < -0.3 is 14.7 Å². The number of aryl methyl sites for hydroxylation is 1. The highest BCUT2D eigenvalue weighted by atomic mass is 35.5. The minimum Gasteiger partial charge on any atom is -0.490 e. The van der Waals surface area contributed by atoms with Crippen LogP contribution in [0.2, 0.25) is 5.02 Å². The van der Waals surface area contributed by atoms with E-state index in [4.69, 9.17) is 21.4 Å². The molecule has 0 aromatic heterocycles. The van der Waals surface area contributed by atoms with Gasteiger partial charge in [-0.3, -0.25) is 4.79 Å². The highest BCUT2D eigenvalue weighted by molar-refractivity contribution is 6.32. The zero-order chi connectivity index (χ0) is 21.3. The molecule has 5 nitrogen and oxygen atoms in total. The zero-order valence-corrected chi connectivity index (χ0v) is 17.2.